The van der Waals surface area contributed by atoms with Crippen molar-refractivity contribution in [2.24, 2.45) is 0 Å². The zero-order valence-corrected chi connectivity index (χ0v) is 18.2. The average Bonchev–Trinajstić information content (AvgIpc) is 3.30. The second-order valence-electron chi connectivity index (χ2n) is 5.07. The Hall–Kier alpha value is -3.12. The van der Waals surface area contributed by atoms with Crippen LogP contribution in [-0.4, -0.2) is 61.5 Å². The van der Waals surface area contributed by atoms with Gasteiger partial charge in [0.15, 0.2) is 9.75 Å². The molecule has 2 aromatic heterocycles. The van der Waals surface area contributed by atoms with E-state index in [1.165, 1.54) is 26.4 Å². The second kappa shape index (κ2) is 11.8. The first kappa shape index (κ1) is 24.9. The molecule has 0 aliphatic heterocycles. The van der Waals surface area contributed by atoms with Gasteiger partial charge in [0.2, 0.25) is 0 Å². The number of hydrogen-bond acceptors (Lipinski definition) is 12. The summed E-state index contributed by atoms with van der Waals surface area (Å²) >= 11 is 1.68. The third kappa shape index (κ3) is 6.46. The topological polar surface area (TPSA) is 146 Å². The van der Waals surface area contributed by atoms with Gasteiger partial charge in [-0.3, -0.25) is 0 Å². The van der Waals surface area contributed by atoms with Crippen molar-refractivity contribution in [1.29, 1.82) is 0 Å². The molecular weight excluding hydrogens is 440 g/mol. The molecule has 30 heavy (non-hydrogen) atoms. The molecular formula is C18H20O10S2. The van der Waals surface area contributed by atoms with Gasteiger partial charge in [0.25, 0.3) is 0 Å². The van der Waals surface area contributed by atoms with Crippen LogP contribution in [0.4, 0.5) is 0 Å². The molecule has 0 radical (unpaired) electrons. The highest BCUT2D eigenvalue weighted by Gasteiger charge is 2.21. The van der Waals surface area contributed by atoms with Crippen LogP contribution >= 0.6 is 22.7 Å². The zero-order valence-electron chi connectivity index (χ0n) is 16.5. The van der Waals surface area contributed by atoms with Gasteiger partial charge in [0, 0.05) is 12.1 Å². The highest BCUT2D eigenvalue weighted by atomic mass is 32.1. The van der Waals surface area contributed by atoms with E-state index < -0.39 is 23.9 Å². The molecule has 0 atom stereocenters. The first-order valence-electron chi connectivity index (χ1n) is 8.36. The molecule has 0 spiro atoms. The van der Waals surface area contributed by atoms with E-state index in [0.29, 0.717) is 0 Å². The molecule has 2 aromatic rings. The first-order chi connectivity index (χ1) is 14.2. The van der Waals surface area contributed by atoms with E-state index in [4.69, 9.17) is 9.47 Å². The van der Waals surface area contributed by atoms with Crippen molar-refractivity contribution in [3.05, 3.63) is 31.6 Å². The van der Waals surface area contributed by atoms with E-state index in [2.05, 4.69) is 9.47 Å². The van der Waals surface area contributed by atoms with Gasteiger partial charge in [-0.05, 0) is 13.8 Å². The Kier molecular flexibility index (Phi) is 9.78. The average molecular weight is 460 g/mol. The molecule has 164 valence electrons. The molecule has 0 saturated heterocycles. The summed E-state index contributed by atoms with van der Waals surface area (Å²) in [4.78, 5) is 45.1. The lowest BCUT2D eigenvalue weighted by Crippen LogP contribution is -2.02. The molecule has 0 aliphatic carbocycles. The van der Waals surface area contributed by atoms with Gasteiger partial charge in [-0.2, -0.15) is 0 Å². The summed E-state index contributed by atoms with van der Waals surface area (Å²) in [5.41, 5.74) is 0. The SMILES string of the molecule is CCOC(=O)c1sc(C(=O)OC)cc1O.CCOC(=O)c1sc(C(=O)OC)cc1O. The standard InChI is InChI=1S/2C9H10O5S/c2*1-3-14-9(12)7-5(10)4-6(15-7)8(11)13-2/h2*4,10H,3H2,1-2H3. The summed E-state index contributed by atoms with van der Waals surface area (Å²) in [6.45, 7) is 3.74. The highest BCUT2D eigenvalue weighted by Crippen LogP contribution is 2.30. The number of carbonyl (C=O) groups is 4. The lowest BCUT2D eigenvalue weighted by atomic mass is 10.4. The van der Waals surface area contributed by atoms with Gasteiger partial charge in [-0.15, -0.1) is 22.7 Å². The largest absolute Gasteiger partial charge is 0.506 e. The van der Waals surface area contributed by atoms with Crippen molar-refractivity contribution in [2.75, 3.05) is 27.4 Å². The Morgan fingerprint density at radius 3 is 1.33 bits per heavy atom. The van der Waals surface area contributed by atoms with Crippen LogP contribution in [-0.2, 0) is 18.9 Å². The van der Waals surface area contributed by atoms with E-state index in [9.17, 15) is 29.4 Å². The Morgan fingerprint density at radius 2 is 1.07 bits per heavy atom. The van der Waals surface area contributed by atoms with Gasteiger partial charge < -0.3 is 29.2 Å². The molecule has 0 aromatic carbocycles. The molecule has 2 heterocycles. The third-order valence-corrected chi connectivity index (χ3v) is 5.29. The van der Waals surface area contributed by atoms with Crippen molar-refractivity contribution in [1.82, 2.24) is 0 Å². The maximum absolute atomic E-state index is 11.3. The van der Waals surface area contributed by atoms with Gasteiger partial charge in [0.1, 0.15) is 21.3 Å². The minimum absolute atomic E-state index is 0.0113. The van der Waals surface area contributed by atoms with E-state index in [-0.39, 0.29) is 44.2 Å². The van der Waals surface area contributed by atoms with Gasteiger partial charge in [-0.1, -0.05) is 0 Å². The Bertz CT molecular complexity index is 838. The van der Waals surface area contributed by atoms with Gasteiger partial charge >= 0.3 is 23.9 Å². The molecule has 2 N–H and O–H groups in total. The molecule has 0 bridgehead atoms. The molecule has 2 rings (SSSR count). The minimum atomic E-state index is -0.643. The van der Waals surface area contributed by atoms with Crippen molar-refractivity contribution < 1.29 is 48.3 Å². The van der Waals surface area contributed by atoms with Gasteiger partial charge in [0.05, 0.1) is 27.4 Å². The van der Waals surface area contributed by atoms with Gasteiger partial charge in [-0.25, -0.2) is 19.2 Å². The normalized spacial score (nSPS) is 9.73. The monoisotopic (exact) mass is 460 g/mol. The summed E-state index contributed by atoms with van der Waals surface area (Å²) in [6, 6.07) is 2.37. The van der Waals surface area contributed by atoms with Crippen molar-refractivity contribution in [2.45, 2.75) is 13.8 Å². The first-order valence-corrected chi connectivity index (χ1v) is 9.99. The third-order valence-electron chi connectivity index (χ3n) is 3.12. The lowest BCUT2D eigenvalue weighted by Gasteiger charge is -1.97. The molecule has 10 nitrogen and oxygen atoms in total. The number of esters is 4. The van der Waals surface area contributed by atoms with Crippen LogP contribution in [0.2, 0.25) is 0 Å². The van der Waals surface area contributed by atoms with Crippen LogP contribution in [0.5, 0.6) is 11.5 Å². The fourth-order valence-corrected chi connectivity index (χ4v) is 3.58. The number of aromatic hydroxyl groups is 2. The number of rotatable bonds is 6. The van der Waals surface area contributed by atoms with Crippen LogP contribution in [0.1, 0.15) is 52.5 Å². The molecule has 0 aliphatic rings. The van der Waals surface area contributed by atoms with Crippen LogP contribution in [0.15, 0.2) is 12.1 Å². The molecule has 0 saturated carbocycles. The van der Waals surface area contributed by atoms with E-state index in [0.717, 1.165) is 22.7 Å². The van der Waals surface area contributed by atoms with Crippen molar-refractivity contribution in [3.8, 4) is 11.5 Å². The summed E-state index contributed by atoms with van der Waals surface area (Å²) in [7, 11) is 2.45. The van der Waals surface area contributed by atoms with Crippen LogP contribution in [0.3, 0.4) is 0 Å². The fourth-order valence-electron chi connectivity index (χ4n) is 1.85. The maximum atomic E-state index is 11.3. The highest BCUT2D eigenvalue weighted by molar-refractivity contribution is 7.16. The maximum Gasteiger partial charge on any atom is 0.352 e. The second-order valence-corrected chi connectivity index (χ2v) is 7.18. The summed E-state index contributed by atoms with van der Waals surface area (Å²) < 4.78 is 18.3. The Balaban J connectivity index is 0.000000300. The molecule has 0 unspecified atom stereocenters. The predicted octanol–water partition coefficient (Wildman–Crippen LogP) is 2.83. The summed E-state index contributed by atoms with van der Waals surface area (Å²) in [5.74, 6) is -3.00. The smallest absolute Gasteiger partial charge is 0.352 e. The molecule has 0 fully saturated rings. The zero-order chi connectivity index (χ0) is 22.8. The Labute approximate surface area is 179 Å². The Morgan fingerprint density at radius 1 is 0.733 bits per heavy atom. The minimum Gasteiger partial charge on any atom is -0.506 e. The summed E-state index contributed by atoms with van der Waals surface area (Å²) in [6.07, 6.45) is 0. The number of ether oxygens (including phenoxy) is 4. The fraction of sp³-hybridized carbons (Fsp3) is 0.333. The lowest BCUT2D eigenvalue weighted by molar-refractivity contribution is 0.0519. The van der Waals surface area contributed by atoms with Crippen LogP contribution < -0.4 is 0 Å². The predicted molar refractivity (Wildman–Crippen MR) is 107 cm³/mol. The number of thiophene rings is 2. The van der Waals surface area contributed by atoms with E-state index in [1.54, 1.807) is 13.8 Å². The molecule has 12 heteroatoms. The van der Waals surface area contributed by atoms with Crippen LogP contribution in [0, 0.1) is 0 Å². The number of methoxy groups -OCH3 is 2. The number of carbonyl (C=O) groups excluding carboxylic acids is 4. The van der Waals surface area contributed by atoms with E-state index >= 15 is 0 Å². The van der Waals surface area contributed by atoms with E-state index in [1.807, 2.05) is 0 Å². The van der Waals surface area contributed by atoms with Crippen molar-refractivity contribution in [3.63, 3.8) is 0 Å². The summed E-state index contributed by atoms with van der Waals surface area (Å²) in [5, 5.41) is 18.7. The van der Waals surface area contributed by atoms with Crippen LogP contribution in [0.25, 0.3) is 0 Å². The number of hydrogen-bond donors (Lipinski definition) is 2. The van der Waals surface area contributed by atoms with Crippen molar-refractivity contribution >= 4 is 46.6 Å². The molecule has 0 amide bonds. The quantitative estimate of drug-likeness (QED) is 0.487.